The lowest BCUT2D eigenvalue weighted by Crippen LogP contribution is -2.10. The number of carbonyl (C=O) groups excluding carboxylic acids is 2. The van der Waals surface area contributed by atoms with Gasteiger partial charge in [-0.2, -0.15) is 0 Å². The van der Waals surface area contributed by atoms with E-state index in [4.69, 9.17) is 5.11 Å². The molecule has 0 fully saturated rings. The molecule has 1 aromatic rings. The lowest BCUT2D eigenvalue weighted by Gasteiger charge is -1.96. The highest BCUT2D eigenvalue weighted by atomic mass is 16.4. The van der Waals surface area contributed by atoms with Gasteiger partial charge in [0.2, 0.25) is 0 Å². The van der Waals surface area contributed by atoms with Crippen molar-refractivity contribution >= 4 is 17.7 Å². The highest BCUT2D eigenvalue weighted by Gasteiger charge is 2.16. The summed E-state index contributed by atoms with van der Waals surface area (Å²) in [5, 5.41) is 10.5. The molecule has 6 nitrogen and oxygen atoms in total. The van der Waals surface area contributed by atoms with Crippen LogP contribution in [0.2, 0.25) is 0 Å². The Kier molecular flexibility index (Phi) is 3.02. The van der Waals surface area contributed by atoms with Crippen LogP contribution in [0, 0.1) is 4.91 Å². The molecule has 15 heavy (non-hydrogen) atoms. The number of rotatable bonds is 3. The van der Waals surface area contributed by atoms with E-state index >= 15 is 0 Å². The van der Waals surface area contributed by atoms with Crippen LogP contribution in [0.5, 0.6) is 0 Å². The van der Waals surface area contributed by atoms with E-state index in [9.17, 15) is 19.3 Å². The topological polar surface area (TPSA) is 101 Å². The number of amides is 1. The van der Waals surface area contributed by atoms with Crippen molar-refractivity contribution in [3.8, 4) is 0 Å². The Balaban J connectivity index is 2.99. The summed E-state index contributed by atoms with van der Waals surface area (Å²) in [7, 11) is 0. The van der Waals surface area contributed by atoms with Gasteiger partial charge in [0, 0.05) is 10.7 Å². The molecule has 0 atom stereocenters. The van der Waals surface area contributed by atoms with Crippen molar-refractivity contribution < 1.29 is 19.5 Å². The van der Waals surface area contributed by atoms with Crippen LogP contribution in [-0.2, 0) is 4.79 Å². The number of benzene rings is 1. The Hall–Kier alpha value is -2.37. The summed E-state index contributed by atoms with van der Waals surface area (Å²) in [5.74, 6) is -3.60. The third-order valence-corrected chi connectivity index (χ3v) is 1.67. The molecule has 0 saturated carbocycles. The first-order chi connectivity index (χ1) is 7.06. The van der Waals surface area contributed by atoms with Gasteiger partial charge in [-0.1, -0.05) is 0 Å². The average molecular weight is 207 g/mol. The number of nitrogens with zero attached hydrogens (tertiary/aromatic N) is 1. The third-order valence-electron chi connectivity index (χ3n) is 1.67. The molecule has 0 aliphatic rings. The van der Waals surface area contributed by atoms with Crippen LogP contribution in [0.25, 0.3) is 0 Å². The van der Waals surface area contributed by atoms with Gasteiger partial charge >= 0.3 is 11.9 Å². The fourth-order valence-corrected chi connectivity index (χ4v) is 0.929. The van der Waals surface area contributed by atoms with Crippen LogP contribution in [0.1, 0.15) is 20.7 Å². The van der Waals surface area contributed by atoms with Crippen LogP contribution >= 0.6 is 0 Å². The maximum atomic E-state index is 11.1. The van der Waals surface area contributed by atoms with Gasteiger partial charge in [-0.3, -0.25) is 9.59 Å². The first-order valence-corrected chi connectivity index (χ1v) is 3.81. The smallest absolute Gasteiger partial charge is 0.357 e. The Morgan fingerprint density at radius 3 is 1.87 bits per heavy atom. The average Bonchev–Trinajstić information content (AvgIpc) is 2.27. The fourth-order valence-electron chi connectivity index (χ4n) is 0.929. The molecule has 0 heterocycles. The number of carbonyl (C=O) groups is 3. The van der Waals surface area contributed by atoms with Crippen LogP contribution in [0.4, 0.5) is 0 Å². The van der Waals surface area contributed by atoms with Crippen molar-refractivity contribution in [3.63, 3.8) is 0 Å². The van der Waals surface area contributed by atoms with Gasteiger partial charge in [-0.05, 0) is 24.3 Å². The van der Waals surface area contributed by atoms with Gasteiger partial charge in [0.15, 0.2) is 0 Å². The quantitative estimate of drug-likeness (QED) is 0.450. The minimum absolute atomic E-state index is 0.0157. The lowest BCUT2D eigenvalue weighted by atomic mass is 10.1. The Bertz CT molecular complexity index is 434. The highest BCUT2D eigenvalue weighted by Crippen LogP contribution is 2.06. The number of carboxylic acids is 1. The van der Waals surface area contributed by atoms with E-state index in [1.54, 1.807) is 0 Å². The SMILES string of the molecule is O=NC(=O)C(=O)c1ccc(C(=O)O)cc1. The van der Waals surface area contributed by atoms with Crippen LogP contribution < -0.4 is 0 Å². The predicted molar refractivity (Wildman–Crippen MR) is 48.5 cm³/mol. The summed E-state index contributed by atoms with van der Waals surface area (Å²) in [5.41, 5.74) is -0.0809. The maximum Gasteiger partial charge on any atom is 0.357 e. The van der Waals surface area contributed by atoms with Gasteiger partial charge in [0.25, 0.3) is 5.78 Å². The number of aromatic carboxylic acids is 1. The maximum absolute atomic E-state index is 11.1. The first-order valence-electron chi connectivity index (χ1n) is 3.81. The van der Waals surface area contributed by atoms with E-state index in [0.717, 1.165) is 24.3 Å². The molecule has 1 N–H and O–H groups in total. The second-order valence-corrected chi connectivity index (χ2v) is 2.61. The molecule has 1 rings (SSSR count). The normalized spacial score (nSPS) is 9.33. The highest BCUT2D eigenvalue weighted by molar-refractivity contribution is 6.43. The van der Waals surface area contributed by atoms with E-state index < -0.39 is 17.7 Å². The number of nitroso groups, excluding NO2 is 1. The van der Waals surface area contributed by atoms with E-state index in [1.807, 2.05) is 5.18 Å². The summed E-state index contributed by atoms with van der Waals surface area (Å²) < 4.78 is 0. The minimum atomic E-state index is -1.40. The summed E-state index contributed by atoms with van der Waals surface area (Å²) in [4.78, 5) is 41.9. The molecule has 76 valence electrons. The van der Waals surface area contributed by atoms with Gasteiger partial charge in [0.05, 0.1) is 5.56 Å². The van der Waals surface area contributed by atoms with Crippen molar-refractivity contribution in [2.45, 2.75) is 0 Å². The zero-order valence-electron chi connectivity index (χ0n) is 7.34. The molecular formula is C9H5NO5. The van der Waals surface area contributed by atoms with Crippen LogP contribution in [-0.4, -0.2) is 22.8 Å². The number of carboxylic acid groups (broad SMARTS) is 1. The molecule has 0 unspecified atom stereocenters. The van der Waals surface area contributed by atoms with E-state index in [-0.39, 0.29) is 11.1 Å². The largest absolute Gasteiger partial charge is 0.478 e. The van der Waals surface area contributed by atoms with Crippen molar-refractivity contribution in [1.82, 2.24) is 0 Å². The van der Waals surface area contributed by atoms with E-state index in [1.165, 1.54) is 0 Å². The number of ketones is 1. The second kappa shape index (κ2) is 4.23. The molecule has 6 heteroatoms. The predicted octanol–water partition coefficient (Wildman–Crippen LogP) is 0.861. The molecule has 0 aliphatic carbocycles. The van der Waals surface area contributed by atoms with Crippen molar-refractivity contribution in [2.75, 3.05) is 0 Å². The monoisotopic (exact) mass is 207 g/mol. The van der Waals surface area contributed by atoms with Crippen molar-refractivity contribution in [3.05, 3.63) is 40.3 Å². The molecule has 0 radical (unpaired) electrons. The molecule has 0 bridgehead atoms. The molecule has 1 amide bonds. The first kappa shape index (κ1) is 10.7. The number of hydrogen-bond acceptors (Lipinski definition) is 4. The van der Waals surface area contributed by atoms with Gasteiger partial charge in [0.1, 0.15) is 0 Å². The minimum Gasteiger partial charge on any atom is -0.478 e. The number of hydrogen-bond donors (Lipinski definition) is 1. The molecule has 1 aromatic carbocycles. The lowest BCUT2D eigenvalue weighted by molar-refractivity contribution is -0.114. The Labute approximate surface area is 83.5 Å². The Morgan fingerprint density at radius 2 is 1.47 bits per heavy atom. The number of Topliss-reactive ketones (excluding diaryl/α,β-unsaturated/α-hetero) is 1. The summed E-state index contributed by atoms with van der Waals surface area (Å²) in [6.07, 6.45) is 0. The zero-order chi connectivity index (χ0) is 11.4. The summed E-state index contributed by atoms with van der Waals surface area (Å²) >= 11 is 0. The van der Waals surface area contributed by atoms with E-state index in [2.05, 4.69) is 0 Å². The third kappa shape index (κ3) is 2.31. The van der Waals surface area contributed by atoms with Crippen molar-refractivity contribution in [2.24, 2.45) is 5.18 Å². The molecule has 0 aliphatic heterocycles. The van der Waals surface area contributed by atoms with Gasteiger partial charge in [-0.25, -0.2) is 4.79 Å². The summed E-state index contributed by atoms with van der Waals surface area (Å²) in [6, 6.07) is 4.62. The van der Waals surface area contributed by atoms with Crippen molar-refractivity contribution in [1.29, 1.82) is 0 Å². The Morgan fingerprint density at radius 1 is 1.00 bits per heavy atom. The second-order valence-electron chi connectivity index (χ2n) is 2.61. The van der Waals surface area contributed by atoms with Gasteiger partial charge < -0.3 is 5.11 Å². The zero-order valence-corrected chi connectivity index (χ0v) is 7.34. The van der Waals surface area contributed by atoms with Crippen LogP contribution in [0.15, 0.2) is 29.4 Å². The van der Waals surface area contributed by atoms with E-state index in [0.29, 0.717) is 0 Å². The van der Waals surface area contributed by atoms with Gasteiger partial charge in [-0.15, -0.1) is 4.91 Å². The molecule has 0 saturated heterocycles. The summed E-state index contributed by atoms with van der Waals surface area (Å²) in [6.45, 7) is 0. The fraction of sp³-hybridized carbons (Fsp3) is 0. The standard InChI is InChI=1S/C9H5NO5/c11-7(8(12)10-15)5-1-3-6(4-2-5)9(13)14/h1-4H,(H,13,14). The molecule has 0 aromatic heterocycles. The van der Waals surface area contributed by atoms with Crippen LogP contribution in [0.3, 0.4) is 0 Å². The molecule has 0 spiro atoms. The molecular weight excluding hydrogens is 202 g/mol.